The average Bonchev–Trinajstić information content (AvgIpc) is 2.42. The van der Waals surface area contributed by atoms with Crippen molar-refractivity contribution in [2.24, 2.45) is 0 Å². The predicted molar refractivity (Wildman–Crippen MR) is 79.1 cm³/mol. The number of alkyl carbamates (subject to hydrolysis) is 1. The lowest BCUT2D eigenvalue weighted by Crippen LogP contribution is -2.36. The minimum atomic E-state index is -1.14. The summed E-state index contributed by atoms with van der Waals surface area (Å²) < 4.78 is 10.5. The average molecular weight is 384 g/mol. The third kappa shape index (κ3) is 6.15. The lowest BCUT2D eigenvalue weighted by atomic mass is 10.1. The van der Waals surface area contributed by atoms with Crippen LogP contribution in [-0.2, 0) is 9.47 Å². The SMILES string of the molecule is COC[C@@H](OC(=O)NCCO)[C@H](O)c1cc(Cl)nc(Br)c1. The summed E-state index contributed by atoms with van der Waals surface area (Å²) in [5.74, 6) is 0. The third-order valence-electron chi connectivity index (χ3n) is 2.45. The summed E-state index contributed by atoms with van der Waals surface area (Å²) in [5.41, 5.74) is 0.430. The summed E-state index contributed by atoms with van der Waals surface area (Å²) in [7, 11) is 1.42. The van der Waals surface area contributed by atoms with Crippen LogP contribution in [0.25, 0.3) is 0 Å². The van der Waals surface area contributed by atoms with Gasteiger partial charge in [0.1, 0.15) is 15.9 Å². The number of ether oxygens (including phenoxy) is 2. The van der Waals surface area contributed by atoms with Crippen LogP contribution in [0.3, 0.4) is 0 Å². The molecule has 0 fully saturated rings. The van der Waals surface area contributed by atoms with Crippen LogP contribution in [0.2, 0.25) is 5.15 Å². The maximum atomic E-state index is 11.5. The standard InChI is InChI=1S/C12H16BrClN2O5/c1-20-6-8(21-12(19)15-2-3-17)11(18)7-4-9(13)16-10(14)5-7/h4-5,8,11,17-18H,2-3,6H2,1H3,(H,15,19)/t8-,11-/m1/s1. The fourth-order valence-electron chi connectivity index (χ4n) is 1.56. The Bertz CT molecular complexity index is 457. The molecule has 1 rings (SSSR count). The van der Waals surface area contributed by atoms with Gasteiger partial charge in [-0.2, -0.15) is 0 Å². The first kappa shape index (κ1) is 18.1. The zero-order valence-corrected chi connectivity index (χ0v) is 13.6. The van der Waals surface area contributed by atoms with Crippen LogP contribution in [0, 0.1) is 0 Å². The predicted octanol–water partition coefficient (Wildman–Crippen LogP) is 1.26. The number of carbonyl (C=O) groups is 1. The second-order valence-electron chi connectivity index (χ2n) is 4.04. The van der Waals surface area contributed by atoms with Crippen LogP contribution >= 0.6 is 27.5 Å². The van der Waals surface area contributed by atoms with E-state index in [4.69, 9.17) is 26.2 Å². The summed E-state index contributed by atoms with van der Waals surface area (Å²) >= 11 is 8.99. The van der Waals surface area contributed by atoms with E-state index in [1.165, 1.54) is 13.2 Å². The Morgan fingerprint density at radius 3 is 2.86 bits per heavy atom. The number of carbonyl (C=O) groups excluding carboxylic acids is 1. The van der Waals surface area contributed by atoms with E-state index in [9.17, 15) is 9.90 Å². The van der Waals surface area contributed by atoms with Crippen LogP contribution in [0.15, 0.2) is 16.7 Å². The lowest BCUT2D eigenvalue weighted by Gasteiger charge is -2.23. The van der Waals surface area contributed by atoms with Gasteiger partial charge in [0.05, 0.1) is 13.2 Å². The first-order valence-corrected chi connectivity index (χ1v) is 7.20. The molecule has 0 radical (unpaired) electrons. The second-order valence-corrected chi connectivity index (χ2v) is 5.24. The number of hydrogen-bond acceptors (Lipinski definition) is 6. The molecular formula is C12H16BrClN2O5. The van der Waals surface area contributed by atoms with Gasteiger partial charge >= 0.3 is 6.09 Å². The van der Waals surface area contributed by atoms with Crippen molar-refractivity contribution in [2.45, 2.75) is 12.2 Å². The highest BCUT2D eigenvalue weighted by atomic mass is 79.9. The van der Waals surface area contributed by atoms with E-state index in [1.54, 1.807) is 6.07 Å². The van der Waals surface area contributed by atoms with E-state index >= 15 is 0 Å². The quantitative estimate of drug-likeness (QED) is 0.613. The van der Waals surface area contributed by atoms with Crippen LogP contribution in [-0.4, -0.2) is 54.3 Å². The molecule has 1 heterocycles. The Hall–Kier alpha value is -0.930. The van der Waals surface area contributed by atoms with Gasteiger partial charge < -0.3 is 25.0 Å². The maximum Gasteiger partial charge on any atom is 0.407 e. The van der Waals surface area contributed by atoms with Gasteiger partial charge in [0.15, 0.2) is 6.10 Å². The number of hydrogen-bond donors (Lipinski definition) is 3. The maximum absolute atomic E-state index is 11.5. The molecule has 21 heavy (non-hydrogen) atoms. The van der Waals surface area contributed by atoms with Gasteiger partial charge in [-0.1, -0.05) is 11.6 Å². The van der Waals surface area contributed by atoms with Crippen LogP contribution in [0.1, 0.15) is 11.7 Å². The number of halogens is 2. The van der Waals surface area contributed by atoms with Crippen molar-refractivity contribution >= 4 is 33.6 Å². The summed E-state index contributed by atoms with van der Waals surface area (Å²) in [6, 6.07) is 3.03. The van der Waals surface area contributed by atoms with Crippen molar-refractivity contribution in [2.75, 3.05) is 26.9 Å². The molecule has 0 aliphatic carbocycles. The van der Waals surface area contributed by atoms with E-state index in [1.807, 2.05) is 0 Å². The Morgan fingerprint density at radius 2 is 2.29 bits per heavy atom. The van der Waals surface area contributed by atoms with E-state index < -0.39 is 18.3 Å². The fraction of sp³-hybridized carbons (Fsp3) is 0.500. The monoisotopic (exact) mass is 382 g/mol. The number of rotatable bonds is 7. The molecule has 0 aliphatic heterocycles. The van der Waals surface area contributed by atoms with E-state index in [-0.39, 0.29) is 24.9 Å². The van der Waals surface area contributed by atoms with Crippen LogP contribution in [0.4, 0.5) is 4.79 Å². The number of nitrogens with one attached hydrogen (secondary N) is 1. The molecule has 0 saturated carbocycles. The fourth-order valence-corrected chi connectivity index (χ4v) is 2.33. The second kappa shape index (κ2) is 9.16. The minimum Gasteiger partial charge on any atom is -0.441 e. The van der Waals surface area contributed by atoms with Gasteiger partial charge in [-0.05, 0) is 33.6 Å². The number of aliphatic hydroxyl groups excluding tert-OH is 2. The highest BCUT2D eigenvalue weighted by Crippen LogP contribution is 2.24. The number of amides is 1. The molecule has 1 aromatic rings. The van der Waals surface area contributed by atoms with Crippen molar-refractivity contribution in [3.05, 3.63) is 27.5 Å². The molecule has 0 unspecified atom stereocenters. The van der Waals surface area contributed by atoms with E-state index in [0.717, 1.165) is 0 Å². The smallest absolute Gasteiger partial charge is 0.407 e. The first-order valence-electron chi connectivity index (χ1n) is 6.03. The molecule has 0 bridgehead atoms. The van der Waals surface area contributed by atoms with Gasteiger partial charge in [-0.3, -0.25) is 0 Å². The molecule has 0 spiro atoms. The molecule has 9 heteroatoms. The zero-order valence-electron chi connectivity index (χ0n) is 11.3. The molecule has 1 amide bonds. The number of aliphatic hydroxyl groups is 2. The molecule has 1 aromatic heterocycles. The normalized spacial score (nSPS) is 13.6. The largest absolute Gasteiger partial charge is 0.441 e. The van der Waals surface area contributed by atoms with Crippen molar-refractivity contribution in [3.63, 3.8) is 0 Å². The Balaban J connectivity index is 2.80. The number of nitrogens with zero attached hydrogens (tertiary/aromatic N) is 1. The zero-order chi connectivity index (χ0) is 15.8. The summed E-state index contributed by atoms with van der Waals surface area (Å²) in [4.78, 5) is 15.4. The summed E-state index contributed by atoms with van der Waals surface area (Å²) in [5, 5.41) is 21.4. The molecule has 2 atom stereocenters. The molecule has 0 aliphatic rings. The van der Waals surface area contributed by atoms with Crippen LogP contribution in [0.5, 0.6) is 0 Å². The van der Waals surface area contributed by atoms with Gasteiger partial charge in [0.25, 0.3) is 0 Å². The number of aromatic nitrogens is 1. The van der Waals surface area contributed by atoms with E-state index in [2.05, 4.69) is 26.2 Å². The first-order chi connectivity index (χ1) is 9.97. The molecule has 0 aromatic carbocycles. The molecule has 7 nitrogen and oxygen atoms in total. The Kier molecular flexibility index (Phi) is 7.91. The molecule has 118 valence electrons. The third-order valence-corrected chi connectivity index (χ3v) is 3.05. The summed E-state index contributed by atoms with van der Waals surface area (Å²) in [6.45, 7) is -0.161. The molecular weight excluding hydrogens is 367 g/mol. The minimum absolute atomic E-state index is 0.00866. The Labute approximate surface area is 135 Å². The highest BCUT2D eigenvalue weighted by Gasteiger charge is 2.25. The van der Waals surface area contributed by atoms with E-state index in [0.29, 0.717) is 10.2 Å². The number of pyridine rings is 1. The number of methoxy groups -OCH3 is 1. The van der Waals surface area contributed by atoms with Gasteiger partial charge in [0, 0.05) is 13.7 Å². The van der Waals surface area contributed by atoms with Crippen molar-refractivity contribution < 1.29 is 24.5 Å². The Morgan fingerprint density at radius 1 is 1.57 bits per heavy atom. The topological polar surface area (TPSA) is 101 Å². The van der Waals surface area contributed by atoms with Gasteiger partial charge in [-0.15, -0.1) is 0 Å². The highest BCUT2D eigenvalue weighted by molar-refractivity contribution is 9.10. The van der Waals surface area contributed by atoms with Crippen molar-refractivity contribution in [3.8, 4) is 0 Å². The molecule has 0 saturated heterocycles. The van der Waals surface area contributed by atoms with Crippen molar-refractivity contribution in [1.29, 1.82) is 0 Å². The lowest BCUT2D eigenvalue weighted by molar-refractivity contribution is -0.0375. The van der Waals surface area contributed by atoms with Crippen LogP contribution < -0.4 is 5.32 Å². The summed E-state index contributed by atoms with van der Waals surface area (Å²) in [6.07, 6.45) is -2.83. The van der Waals surface area contributed by atoms with Gasteiger partial charge in [-0.25, -0.2) is 9.78 Å². The van der Waals surface area contributed by atoms with Crippen molar-refractivity contribution in [1.82, 2.24) is 10.3 Å². The van der Waals surface area contributed by atoms with Gasteiger partial charge in [0.2, 0.25) is 0 Å². The molecule has 3 N–H and O–H groups in total.